The van der Waals surface area contributed by atoms with E-state index in [0.717, 1.165) is 5.56 Å². The lowest BCUT2D eigenvalue weighted by Gasteiger charge is -2.10. The number of carbonyl (C=O) groups is 2. The zero-order valence-corrected chi connectivity index (χ0v) is 12.7. The van der Waals surface area contributed by atoms with Gasteiger partial charge in [-0.25, -0.2) is 0 Å². The Morgan fingerprint density at radius 3 is 2.79 bits per heavy atom. The predicted molar refractivity (Wildman–Crippen MR) is 82.4 cm³/mol. The minimum Gasteiger partial charge on any atom is -0.489 e. The van der Waals surface area contributed by atoms with Crippen LogP contribution in [-0.4, -0.2) is 35.1 Å². The van der Waals surface area contributed by atoms with Gasteiger partial charge < -0.3 is 19.9 Å². The van der Waals surface area contributed by atoms with Crippen molar-refractivity contribution in [3.8, 4) is 17.2 Å². The minimum atomic E-state index is -0.841. The number of nitrogens with zero attached hydrogens (tertiary/aromatic N) is 1. The third kappa shape index (κ3) is 2.25. The number of amides is 1. The number of aliphatic carboxylic acids is 1. The fraction of sp³-hybridized carbons (Fsp3) is 0.235. The van der Waals surface area contributed by atoms with Crippen LogP contribution in [0.15, 0.2) is 36.5 Å². The highest BCUT2D eigenvalue weighted by Crippen LogP contribution is 2.58. The van der Waals surface area contributed by atoms with Crippen molar-refractivity contribution in [1.29, 1.82) is 0 Å². The number of rotatable bonds is 4. The van der Waals surface area contributed by atoms with Crippen LogP contribution in [0.2, 0.25) is 0 Å². The van der Waals surface area contributed by atoms with Crippen molar-refractivity contribution in [2.24, 2.45) is 5.92 Å². The lowest BCUT2D eigenvalue weighted by molar-refractivity contribution is -0.139. The fourth-order valence-electron chi connectivity index (χ4n) is 3.06. The van der Waals surface area contributed by atoms with Gasteiger partial charge in [0, 0.05) is 30.8 Å². The number of aromatic nitrogens is 1. The van der Waals surface area contributed by atoms with E-state index >= 15 is 0 Å². The van der Waals surface area contributed by atoms with Crippen LogP contribution in [0.5, 0.6) is 17.2 Å². The van der Waals surface area contributed by atoms with Crippen LogP contribution in [0, 0.1) is 5.92 Å². The topological polar surface area (TPSA) is 97.8 Å². The number of fused-ring (bicyclic) bond motifs is 3. The van der Waals surface area contributed by atoms with Crippen molar-refractivity contribution in [3.63, 3.8) is 0 Å². The third-order valence-electron chi connectivity index (χ3n) is 4.27. The van der Waals surface area contributed by atoms with Gasteiger partial charge in [-0.3, -0.25) is 14.6 Å². The minimum absolute atomic E-state index is 0.111. The number of ether oxygens (including phenoxy) is 2. The molecule has 0 radical (unpaired) electrons. The Hall–Kier alpha value is -3.09. The molecule has 1 aliphatic heterocycles. The van der Waals surface area contributed by atoms with Gasteiger partial charge in [0.15, 0.2) is 0 Å². The Kier molecular flexibility index (Phi) is 3.16. The van der Waals surface area contributed by atoms with Gasteiger partial charge in [0.05, 0.1) is 0 Å². The molecule has 2 N–H and O–H groups in total. The van der Waals surface area contributed by atoms with E-state index in [2.05, 4.69) is 10.3 Å². The van der Waals surface area contributed by atoms with E-state index in [1.54, 1.807) is 30.3 Å². The summed E-state index contributed by atoms with van der Waals surface area (Å²) >= 11 is 0. The number of carboxylic acid groups (broad SMARTS) is 1. The molecule has 2 aromatic rings. The highest BCUT2D eigenvalue weighted by Gasteiger charge is 2.63. The molecule has 0 spiro atoms. The molecule has 0 bridgehead atoms. The lowest BCUT2D eigenvalue weighted by atomic mass is 10.1. The summed E-state index contributed by atoms with van der Waals surface area (Å²) in [6.07, 6.45) is 1.22. The van der Waals surface area contributed by atoms with E-state index in [0.29, 0.717) is 17.2 Å². The number of nitrogens with one attached hydrogen (secondary N) is 1. The molecule has 1 aromatic heterocycles. The average Bonchev–Trinajstić information content (AvgIpc) is 3.19. The molecule has 4 rings (SSSR count). The Labute approximate surface area is 137 Å². The monoisotopic (exact) mass is 326 g/mol. The molecular weight excluding hydrogens is 312 g/mol. The van der Waals surface area contributed by atoms with Crippen LogP contribution in [0.4, 0.5) is 0 Å². The maximum Gasteiger partial charge on any atom is 0.311 e. The number of pyridine rings is 1. The summed E-state index contributed by atoms with van der Waals surface area (Å²) in [5.41, 5.74) is 1.11. The normalized spacial score (nSPS) is 22.8. The maximum absolute atomic E-state index is 11.6. The van der Waals surface area contributed by atoms with Gasteiger partial charge in [-0.15, -0.1) is 0 Å². The largest absolute Gasteiger partial charge is 0.489 e. The average molecular weight is 326 g/mol. The first-order chi connectivity index (χ1) is 11.6. The van der Waals surface area contributed by atoms with Gasteiger partial charge in [0.2, 0.25) is 0 Å². The van der Waals surface area contributed by atoms with E-state index < -0.39 is 11.9 Å². The summed E-state index contributed by atoms with van der Waals surface area (Å²) in [5.74, 6) is 0.0102. The second-order valence-electron chi connectivity index (χ2n) is 5.73. The lowest BCUT2D eigenvalue weighted by Crippen LogP contribution is -2.18. The van der Waals surface area contributed by atoms with Crippen molar-refractivity contribution in [2.75, 3.05) is 7.05 Å². The SMILES string of the molecule is CNC(=O)c1cc(Oc2ccc3c(c2)[C@@H]2C(O3)C2C(=O)O)ccn1. The van der Waals surface area contributed by atoms with E-state index in [1.807, 2.05) is 0 Å². The molecule has 24 heavy (non-hydrogen) atoms. The predicted octanol–water partition coefficient (Wildman–Crippen LogP) is 1.79. The van der Waals surface area contributed by atoms with Crippen LogP contribution in [0.25, 0.3) is 0 Å². The van der Waals surface area contributed by atoms with Crippen molar-refractivity contribution < 1.29 is 24.2 Å². The Morgan fingerprint density at radius 1 is 1.25 bits per heavy atom. The standard InChI is InChI=1S/C17H14N2O5/c1-18-16(20)11-7-9(4-5-19-11)23-8-2-3-12-10(6-8)13-14(17(21)22)15(13)24-12/h2-7,13-15H,1H3,(H,18,20)(H,21,22)/t13-,14?,15?/m0/s1. The maximum atomic E-state index is 11.6. The number of carboxylic acids is 1. The number of hydrogen-bond donors (Lipinski definition) is 2. The van der Waals surface area contributed by atoms with Gasteiger partial charge in [0.1, 0.15) is 35.0 Å². The molecule has 3 atom stereocenters. The summed E-state index contributed by atoms with van der Waals surface area (Å²) in [7, 11) is 1.53. The molecule has 122 valence electrons. The van der Waals surface area contributed by atoms with Crippen molar-refractivity contribution >= 4 is 11.9 Å². The molecule has 1 aliphatic carbocycles. The summed E-state index contributed by atoms with van der Waals surface area (Å²) in [6.45, 7) is 0. The second kappa shape index (κ2) is 5.23. The Bertz CT molecular complexity index is 851. The van der Waals surface area contributed by atoms with E-state index in [-0.39, 0.29) is 23.6 Å². The van der Waals surface area contributed by atoms with Crippen LogP contribution in [0.3, 0.4) is 0 Å². The molecule has 1 amide bonds. The van der Waals surface area contributed by atoms with Gasteiger partial charge in [-0.1, -0.05) is 0 Å². The van der Waals surface area contributed by atoms with E-state index in [9.17, 15) is 9.59 Å². The Balaban J connectivity index is 1.57. The molecule has 1 aromatic carbocycles. The first-order valence-electron chi connectivity index (χ1n) is 7.48. The zero-order valence-electron chi connectivity index (χ0n) is 12.7. The molecular formula is C17H14N2O5. The molecule has 2 aliphatic rings. The third-order valence-corrected chi connectivity index (χ3v) is 4.27. The fourth-order valence-corrected chi connectivity index (χ4v) is 3.06. The quantitative estimate of drug-likeness (QED) is 0.889. The Morgan fingerprint density at radius 2 is 2.04 bits per heavy atom. The van der Waals surface area contributed by atoms with E-state index in [1.165, 1.54) is 13.2 Å². The summed E-state index contributed by atoms with van der Waals surface area (Å²) in [4.78, 5) is 26.7. The molecule has 7 nitrogen and oxygen atoms in total. The molecule has 7 heteroatoms. The van der Waals surface area contributed by atoms with Gasteiger partial charge in [-0.05, 0) is 24.3 Å². The molecule has 1 saturated carbocycles. The second-order valence-corrected chi connectivity index (χ2v) is 5.73. The number of hydrogen-bond acceptors (Lipinski definition) is 5. The van der Waals surface area contributed by atoms with Crippen LogP contribution < -0.4 is 14.8 Å². The van der Waals surface area contributed by atoms with E-state index in [4.69, 9.17) is 14.6 Å². The van der Waals surface area contributed by atoms with Crippen molar-refractivity contribution in [3.05, 3.63) is 47.8 Å². The molecule has 2 unspecified atom stereocenters. The van der Waals surface area contributed by atoms with Crippen molar-refractivity contribution in [1.82, 2.24) is 10.3 Å². The van der Waals surface area contributed by atoms with Crippen LogP contribution in [-0.2, 0) is 4.79 Å². The number of carbonyl (C=O) groups excluding carboxylic acids is 1. The summed E-state index contributed by atoms with van der Waals surface area (Å²) in [6, 6.07) is 8.51. The summed E-state index contributed by atoms with van der Waals surface area (Å²) < 4.78 is 11.4. The zero-order chi connectivity index (χ0) is 16.8. The number of benzene rings is 1. The van der Waals surface area contributed by atoms with Gasteiger partial charge >= 0.3 is 5.97 Å². The van der Waals surface area contributed by atoms with Crippen LogP contribution >= 0.6 is 0 Å². The van der Waals surface area contributed by atoms with Gasteiger partial charge in [0.25, 0.3) is 5.91 Å². The molecule has 1 fully saturated rings. The smallest absolute Gasteiger partial charge is 0.311 e. The highest BCUT2D eigenvalue weighted by molar-refractivity contribution is 5.92. The first kappa shape index (κ1) is 14.5. The highest BCUT2D eigenvalue weighted by atomic mass is 16.5. The van der Waals surface area contributed by atoms with Gasteiger partial charge in [-0.2, -0.15) is 0 Å². The first-order valence-corrected chi connectivity index (χ1v) is 7.48. The van der Waals surface area contributed by atoms with Crippen molar-refractivity contribution in [2.45, 2.75) is 12.0 Å². The summed E-state index contributed by atoms with van der Waals surface area (Å²) in [5, 5.41) is 11.6. The molecule has 0 saturated heterocycles. The molecule has 2 heterocycles. The van der Waals surface area contributed by atoms with Crippen LogP contribution in [0.1, 0.15) is 22.0 Å².